The van der Waals surface area contributed by atoms with Gasteiger partial charge in [0.05, 0.1) is 10.5 Å². The molecule has 3 N–H and O–H groups in total. The molecular weight excluding hydrogens is 244 g/mol. The highest BCUT2D eigenvalue weighted by Gasteiger charge is 2.29. The van der Waals surface area contributed by atoms with Crippen molar-refractivity contribution in [2.24, 2.45) is 5.73 Å². The van der Waals surface area contributed by atoms with E-state index in [1.807, 2.05) is 6.07 Å². The lowest BCUT2D eigenvalue weighted by atomic mass is 9.97. The van der Waals surface area contributed by atoms with Gasteiger partial charge in [-0.3, -0.25) is 10.1 Å². The summed E-state index contributed by atoms with van der Waals surface area (Å²) in [4.78, 5) is 10.4. The molecule has 0 spiro atoms. The minimum atomic E-state index is -0.931. The van der Waals surface area contributed by atoms with Gasteiger partial charge >= 0.3 is 0 Å². The maximum absolute atomic E-state index is 10.9. The summed E-state index contributed by atoms with van der Waals surface area (Å²) in [6, 6.07) is 4.48. The van der Waals surface area contributed by atoms with Gasteiger partial charge in [-0.2, -0.15) is 0 Å². The first-order valence-corrected chi connectivity index (χ1v) is 5.31. The molecule has 1 aliphatic carbocycles. The van der Waals surface area contributed by atoms with E-state index in [0.717, 1.165) is 18.4 Å². The first kappa shape index (κ1) is 13.9. The Morgan fingerprint density at radius 1 is 1.47 bits per heavy atom. The molecule has 1 aliphatic rings. The third-order valence-electron chi connectivity index (χ3n) is 3.05. The second-order valence-electron chi connectivity index (χ2n) is 4.11. The predicted octanol–water partition coefficient (Wildman–Crippen LogP) is 1.71. The number of hydrogen-bond acceptors (Lipinski definition) is 4. The number of nitrogens with two attached hydrogens (primary N) is 1. The van der Waals surface area contributed by atoms with Gasteiger partial charge in [0.1, 0.15) is 6.10 Å². The van der Waals surface area contributed by atoms with Crippen LogP contribution in [-0.4, -0.2) is 16.1 Å². The van der Waals surface area contributed by atoms with Crippen molar-refractivity contribution in [1.82, 2.24) is 0 Å². The van der Waals surface area contributed by atoms with Gasteiger partial charge < -0.3 is 10.8 Å². The maximum Gasteiger partial charge on any atom is 0.275 e. The van der Waals surface area contributed by atoms with E-state index in [1.165, 1.54) is 6.07 Å². The monoisotopic (exact) mass is 258 g/mol. The Morgan fingerprint density at radius 3 is 2.82 bits per heavy atom. The van der Waals surface area contributed by atoms with E-state index in [9.17, 15) is 15.2 Å². The number of nitro benzene ring substituents is 1. The number of rotatable bonds is 1. The second kappa shape index (κ2) is 5.44. The summed E-state index contributed by atoms with van der Waals surface area (Å²) in [5, 5.41) is 20.9. The van der Waals surface area contributed by atoms with Crippen LogP contribution in [0.1, 0.15) is 30.1 Å². The number of fused-ring (bicyclic) bond motifs is 1. The summed E-state index contributed by atoms with van der Waals surface area (Å²) in [6.07, 6.45) is 1.35. The fourth-order valence-electron chi connectivity index (χ4n) is 2.22. The molecule has 0 saturated carbocycles. The molecule has 94 valence electrons. The quantitative estimate of drug-likeness (QED) is 0.456. The lowest BCUT2D eigenvalue weighted by Gasteiger charge is -2.17. The van der Waals surface area contributed by atoms with E-state index in [4.69, 9.17) is 5.73 Å². The molecule has 5 nitrogen and oxygen atoms in total. The zero-order valence-corrected chi connectivity index (χ0v) is 10.0. The third-order valence-corrected chi connectivity index (χ3v) is 3.05. The molecule has 0 saturated heterocycles. The summed E-state index contributed by atoms with van der Waals surface area (Å²) >= 11 is 0. The van der Waals surface area contributed by atoms with Crippen LogP contribution < -0.4 is 5.73 Å². The number of aliphatic hydroxyl groups excluding tert-OH is 1. The van der Waals surface area contributed by atoms with Crippen molar-refractivity contribution in [3.8, 4) is 0 Å². The lowest BCUT2D eigenvalue weighted by Crippen LogP contribution is -2.27. The van der Waals surface area contributed by atoms with E-state index >= 15 is 0 Å². The number of hydrogen-bond donors (Lipinski definition) is 2. The summed E-state index contributed by atoms with van der Waals surface area (Å²) < 4.78 is 0. The first-order chi connectivity index (χ1) is 7.61. The van der Waals surface area contributed by atoms with Crippen molar-refractivity contribution in [1.29, 1.82) is 0 Å². The smallest absolute Gasteiger partial charge is 0.275 e. The van der Waals surface area contributed by atoms with Crippen molar-refractivity contribution in [3.63, 3.8) is 0 Å². The van der Waals surface area contributed by atoms with Crippen LogP contribution in [0, 0.1) is 10.1 Å². The molecule has 2 rings (SSSR count). The van der Waals surface area contributed by atoms with Crippen LogP contribution in [0.25, 0.3) is 0 Å². The fraction of sp³-hybridized carbons (Fsp3) is 0.455. The molecule has 0 heterocycles. The summed E-state index contributed by atoms with van der Waals surface area (Å²) in [7, 11) is 0. The Labute approximate surface area is 105 Å². The molecule has 1 aromatic rings. The number of aliphatic hydroxyl groups is 1. The van der Waals surface area contributed by atoms with Gasteiger partial charge in [-0.25, -0.2) is 0 Å². The Hall–Kier alpha value is -1.17. The third kappa shape index (κ3) is 2.57. The first-order valence-electron chi connectivity index (χ1n) is 5.31. The molecule has 6 heteroatoms. The summed E-state index contributed by atoms with van der Waals surface area (Å²) in [5.41, 5.74) is 7.01. The Kier molecular flexibility index (Phi) is 4.45. The Bertz CT molecular complexity index is 425. The lowest BCUT2D eigenvalue weighted by molar-refractivity contribution is -0.386. The van der Waals surface area contributed by atoms with Crippen LogP contribution in [0.5, 0.6) is 0 Å². The van der Waals surface area contributed by atoms with Gasteiger partial charge in [0.25, 0.3) is 5.69 Å². The number of nitrogens with zero attached hydrogens (tertiary/aromatic N) is 1. The van der Waals surface area contributed by atoms with Gasteiger partial charge in [0.2, 0.25) is 0 Å². The van der Waals surface area contributed by atoms with Crippen LogP contribution in [-0.2, 0) is 6.42 Å². The summed E-state index contributed by atoms with van der Waals surface area (Å²) in [6.45, 7) is 0. The topological polar surface area (TPSA) is 89.4 Å². The van der Waals surface area contributed by atoms with E-state index in [0.29, 0.717) is 12.0 Å². The van der Waals surface area contributed by atoms with Crippen molar-refractivity contribution in [3.05, 3.63) is 39.4 Å². The normalized spacial score (nSPS) is 23.2. The number of benzene rings is 1. The largest absolute Gasteiger partial charge is 0.387 e. The minimum absolute atomic E-state index is 0. The van der Waals surface area contributed by atoms with Gasteiger partial charge in [0, 0.05) is 12.1 Å². The number of nitro groups is 1. The SMILES string of the molecule is Cl.NC1CCCc2cccc([N+](=O)[O-])c2C1O. The van der Waals surface area contributed by atoms with Crippen LogP contribution in [0.3, 0.4) is 0 Å². The van der Waals surface area contributed by atoms with Crippen molar-refractivity contribution < 1.29 is 10.0 Å². The minimum Gasteiger partial charge on any atom is -0.387 e. The zero-order valence-electron chi connectivity index (χ0n) is 9.20. The van der Waals surface area contributed by atoms with E-state index in [2.05, 4.69) is 0 Å². The van der Waals surface area contributed by atoms with E-state index < -0.39 is 17.1 Å². The van der Waals surface area contributed by atoms with Gasteiger partial charge in [-0.05, 0) is 24.8 Å². The summed E-state index contributed by atoms with van der Waals surface area (Å²) in [5.74, 6) is 0. The number of aryl methyl sites for hydroxylation is 1. The van der Waals surface area contributed by atoms with E-state index in [1.54, 1.807) is 6.07 Å². The fourth-order valence-corrected chi connectivity index (χ4v) is 2.22. The Morgan fingerprint density at radius 2 is 2.18 bits per heavy atom. The van der Waals surface area contributed by atoms with Crippen molar-refractivity contribution in [2.45, 2.75) is 31.4 Å². The van der Waals surface area contributed by atoms with Crippen molar-refractivity contribution >= 4 is 18.1 Å². The molecule has 0 bridgehead atoms. The Balaban J connectivity index is 0.00000144. The molecule has 2 unspecified atom stereocenters. The van der Waals surface area contributed by atoms with Crippen LogP contribution in [0.4, 0.5) is 5.69 Å². The standard InChI is InChI=1S/C11H14N2O3.ClH/c12-8-5-1-3-7-4-2-6-9(13(15)16)10(7)11(8)14;/h2,4,6,8,11,14H,1,3,5,12H2;1H. The molecule has 0 aromatic heterocycles. The van der Waals surface area contributed by atoms with Crippen LogP contribution in [0.15, 0.2) is 18.2 Å². The molecule has 2 atom stereocenters. The van der Waals surface area contributed by atoms with Gasteiger partial charge in [-0.1, -0.05) is 12.1 Å². The van der Waals surface area contributed by atoms with Gasteiger partial charge in [0.15, 0.2) is 0 Å². The van der Waals surface area contributed by atoms with Crippen molar-refractivity contribution in [2.75, 3.05) is 0 Å². The molecule has 1 aromatic carbocycles. The molecule has 0 amide bonds. The second-order valence-corrected chi connectivity index (χ2v) is 4.11. The zero-order chi connectivity index (χ0) is 11.7. The predicted molar refractivity (Wildman–Crippen MR) is 66.2 cm³/mol. The average molecular weight is 259 g/mol. The molecule has 0 radical (unpaired) electrons. The van der Waals surface area contributed by atoms with Crippen LogP contribution in [0.2, 0.25) is 0 Å². The highest BCUT2D eigenvalue weighted by molar-refractivity contribution is 5.85. The van der Waals surface area contributed by atoms with E-state index in [-0.39, 0.29) is 18.1 Å². The molecular formula is C11H15ClN2O3. The number of halogens is 1. The molecule has 0 aliphatic heterocycles. The molecule has 0 fully saturated rings. The molecule has 17 heavy (non-hydrogen) atoms. The maximum atomic E-state index is 10.9. The highest BCUT2D eigenvalue weighted by Crippen LogP contribution is 2.34. The van der Waals surface area contributed by atoms with Crippen LogP contribution >= 0.6 is 12.4 Å². The average Bonchev–Trinajstić information content (AvgIpc) is 2.40. The van der Waals surface area contributed by atoms with Gasteiger partial charge in [-0.15, -0.1) is 12.4 Å². The highest BCUT2D eigenvalue weighted by atomic mass is 35.5.